The van der Waals surface area contributed by atoms with E-state index < -0.39 is 107 Å². The standard InChI is InChI=1S/C10HF19O2.C8HF15O2/c11-2(12,1(30)31)3(13,14)4(15,16)5(17,18)6(19,20)7(21,22)8(23,24)9(25,26)10(27,28)29;9-2(10,1(24)25)3(11,12)4(13,14)5(15,16)6(17,18)7(19,20)8(21,22)23/h(H,30,31);(H,24,25). The van der Waals surface area contributed by atoms with Crippen LogP contribution in [0.25, 0.3) is 0 Å². The van der Waals surface area contributed by atoms with Gasteiger partial charge in [-0.15, -0.1) is 0 Å². The third kappa shape index (κ3) is 6.86. The Labute approximate surface area is 277 Å². The molecule has 0 atom stereocenters. The summed E-state index contributed by atoms with van der Waals surface area (Å²) >= 11 is 0. The number of aliphatic carboxylic acids is 2. The lowest BCUT2D eigenvalue weighted by Crippen LogP contribution is -2.76. The van der Waals surface area contributed by atoms with Crippen LogP contribution in [0.4, 0.5) is 149 Å². The molecule has 0 saturated carbocycles. The minimum atomic E-state index is -9.06. The Kier molecular flexibility index (Phi) is 13.2. The molecule has 0 aromatic rings. The van der Waals surface area contributed by atoms with E-state index in [9.17, 15) is 159 Å². The van der Waals surface area contributed by atoms with Crippen molar-refractivity contribution in [2.75, 3.05) is 0 Å². The molecule has 0 aliphatic rings. The second-order valence-electron chi connectivity index (χ2n) is 9.65. The van der Waals surface area contributed by atoms with Gasteiger partial charge in [0.15, 0.2) is 0 Å². The van der Waals surface area contributed by atoms with Crippen LogP contribution in [0.2, 0.25) is 0 Å². The predicted octanol–water partition coefficient (Wildman–Crippen LogP) is 10.2. The van der Waals surface area contributed by atoms with Crippen molar-refractivity contribution in [2.24, 2.45) is 0 Å². The van der Waals surface area contributed by atoms with Crippen molar-refractivity contribution >= 4 is 11.9 Å². The molecule has 0 amide bonds. The first-order valence-electron chi connectivity index (χ1n) is 11.3. The van der Waals surface area contributed by atoms with Crippen molar-refractivity contribution in [3.05, 3.63) is 0 Å². The van der Waals surface area contributed by atoms with Crippen molar-refractivity contribution in [2.45, 2.75) is 95.3 Å². The fourth-order valence-electron chi connectivity index (χ4n) is 2.60. The minimum absolute atomic E-state index is 4.28. The molecule has 56 heavy (non-hydrogen) atoms. The number of carboxylic acids is 2. The molecule has 0 aliphatic carbocycles. The summed E-state index contributed by atoms with van der Waals surface area (Å²) in [5.41, 5.74) is 0. The SMILES string of the molecule is O=C(O)C(F)(F)C(F)(F)C(F)(F)C(F)(F)C(F)(F)C(F)(F)C(F)(F)C(F)(F)C(F)(F)F.O=C(O)C(F)(F)C(F)(F)C(F)(F)C(F)(F)C(F)(F)C(F)(F)C(F)(F)F. The molecule has 0 saturated heterocycles. The monoisotopic (exact) mass is 928 g/mol. The Bertz CT molecular complexity index is 1450. The van der Waals surface area contributed by atoms with Crippen molar-refractivity contribution in [1.29, 1.82) is 0 Å². The molecule has 4 nitrogen and oxygen atoms in total. The molecule has 0 radical (unpaired) electrons. The normalized spacial score (nSPS) is 16.3. The minimum Gasteiger partial charge on any atom is -0.477 e. The van der Waals surface area contributed by atoms with E-state index in [1.165, 1.54) is 0 Å². The molecule has 0 aromatic heterocycles. The van der Waals surface area contributed by atoms with Gasteiger partial charge in [-0.05, 0) is 0 Å². The Morgan fingerprint density at radius 2 is 0.321 bits per heavy atom. The van der Waals surface area contributed by atoms with Crippen molar-refractivity contribution in [3.63, 3.8) is 0 Å². The molecule has 0 rings (SSSR count). The molecule has 0 fully saturated rings. The number of hydrogen-bond acceptors (Lipinski definition) is 2. The Balaban J connectivity index is 0. The second-order valence-corrected chi connectivity index (χ2v) is 9.65. The highest BCUT2D eigenvalue weighted by Gasteiger charge is 2.98. The van der Waals surface area contributed by atoms with Gasteiger partial charge in [0.1, 0.15) is 0 Å². The molecular formula is C18H2F34O4. The van der Waals surface area contributed by atoms with Gasteiger partial charge in [0.05, 0.1) is 0 Å². The molecule has 0 bridgehead atoms. The zero-order valence-electron chi connectivity index (χ0n) is 23.6. The molecule has 2 N–H and O–H groups in total. The summed E-state index contributed by atoms with van der Waals surface area (Å²) in [5, 5.41) is 15.2. The van der Waals surface area contributed by atoms with Crippen LogP contribution in [-0.2, 0) is 9.59 Å². The van der Waals surface area contributed by atoms with Gasteiger partial charge in [0, 0.05) is 0 Å². The topological polar surface area (TPSA) is 74.6 Å². The average Bonchev–Trinajstić information content (AvgIpc) is 2.94. The summed E-state index contributed by atoms with van der Waals surface area (Å²) in [6.07, 6.45) is -15.6. The number of carbonyl (C=O) groups is 2. The van der Waals surface area contributed by atoms with E-state index in [0.29, 0.717) is 0 Å². The van der Waals surface area contributed by atoms with Gasteiger partial charge < -0.3 is 10.2 Å². The number of halogens is 34. The average molecular weight is 928 g/mol. The van der Waals surface area contributed by atoms with Crippen LogP contribution in [0.1, 0.15) is 0 Å². The largest absolute Gasteiger partial charge is 0.477 e. The first kappa shape index (κ1) is 54.7. The van der Waals surface area contributed by atoms with Crippen LogP contribution in [0.15, 0.2) is 0 Å². The van der Waals surface area contributed by atoms with Gasteiger partial charge in [0.25, 0.3) is 0 Å². The Hall–Kier alpha value is -3.44. The molecule has 0 aromatic carbocycles. The van der Waals surface area contributed by atoms with E-state index in [0.717, 1.165) is 0 Å². The number of alkyl halides is 34. The predicted molar refractivity (Wildman–Crippen MR) is 96.6 cm³/mol. The lowest BCUT2D eigenvalue weighted by Gasteiger charge is -2.43. The van der Waals surface area contributed by atoms with E-state index in [4.69, 9.17) is 10.2 Å². The van der Waals surface area contributed by atoms with Crippen LogP contribution in [0, 0.1) is 0 Å². The van der Waals surface area contributed by atoms with E-state index >= 15 is 0 Å². The van der Waals surface area contributed by atoms with Crippen LogP contribution in [-0.4, -0.2) is 117 Å². The van der Waals surface area contributed by atoms with Gasteiger partial charge in [-0.3, -0.25) is 0 Å². The maximum Gasteiger partial charge on any atom is 0.460 e. The zero-order chi connectivity index (χ0) is 47.2. The van der Waals surface area contributed by atoms with Crippen LogP contribution < -0.4 is 0 Å². The quantitative estimate of drug-likeness (QED) is 0.170. The highest BCUT2D eigenvalue weighted by Crippen LogP contribution is 2.66. The third-order valence-corrected chi connectivity index (χ3v) is 5.98. The Morgan fingerprint density at radius 3 is 0.429 bits per heavy atom. The summed E-state index contributed by atoms with van der Waals surface area (Å²) in [6, 6.07) is 0. The molecule has 0 spiro atoms. The summed E-state index contributed by atoms with van der Waals surface area (Å²) in [6.45, 7) is 0. The lowest BCUT2D eigenvalue weighted by atomic mass is 9.87. The second kappa shape index (κ2) is 13.6. The molecule has 0 aliphatic heterocycles. The van der Waals surface area contributed by atoms with Gasteiger partial charge in [0.2, 0.25) is 0 Å². The Morgan fingerprint density at radius 1 is 0.214 bits per heavy atom. The van der Waals surface area contributed by atoms with Crippen LogP contribution >= 0.6 is 0 Å². The van der Waals surface area contributed by atoms with Gasteiger partial charge in [-0.25, -0.2) is 9.59 Å². The zero-order valence-corrected chi connectivity index (χ0v) is 23.6. The molecule has 38 heteroatoms. The van der Waals surface area contributed by atoms with E-state index in [2.05, 4.69) is 0 Å². The first-order valence-corrected chi connectivity index (χ1v) is 11.3. The maximum absolute atomic E-state index is 13.1. The van der Waals surface area contributed by atoms with E-state index in [-0.39, 0.29) is 0 Å². The summed E-state index contributed by atoms with van der Waals surface area (Å²) < 4.78 is 428. The molecular weight excluding hydrogens is 926 g/mol. The van der Waals surface area contributed by atoms with Crippen molar-refractivity contribution in [3.8, 4) is 0 Å². The highest BCUT2D eigenvalue weighted by atomic mass is 19.4. The number of rotatable bonds is 14. The molecule has 0 heterocycles. The number of carboxylic acid groups (broad SMARTS) is 2. The number of hydrogen-bond donors (Lipinski definition) is 2. The lowest BCUT2D eigenvalue weighted by molar-refractivity contribution is -0.467. The first-order chi connectivity index (χ1) is 23.4. The van der Waals surface area contributed by atoms with E-state index in [1.807, 2.05) is 0 Å². The fourth-order valence-corrected chi connectivity index (χ4v) is 2.60. The summed E-state index contributed by atoms with van der Waals surface area (Å²) in [7, 11) is 0. The van der Waals surface area contributed by atoms with Crippen LogP contribution in [0.5, 0.6) is 0 Å². The van der Waals surface area contributed by atoms with Crippen molar-refractivity contribution in [1.82, 2.24) is 0 Å². The maximum atomic E-state index is 13.1. The summed E-state index contributed by atoms with van der Waals surface area (Å²) in [4.78, 5) is 19.5. The van der Waals surface area contributed by atoms with Gasteiger partial charge >= 0.3 is 107 Å². The third-order valence-electron chi connectivity index (χ3n) is 5.98. The molecule has 0 unspecified atom stereocenters. The fraction of sp³-hybridized carbons (Fsp3) is 0.889. The van der Waals surface area contributed by atoms with Gasteiger partial charge in [-0.1, -0.05) is 0 Å². The van der Waals surface area contributed by atoms with Crippen LogP contribution in [0.3, 0.4) is 0 Å². The molecule has 336 valence electrons. The highest BCUT2D eigenvalue weighted by molar-refractivity contribution is 5.77. The van der Waals surface area contributed by atoms with Gasteiger partial charge in [-0.2, -0.15) is 149 Å². The van der Waals surface area contributed by atoms with Crippen molar-refractivity contribution < 1.29 is 169 Å². The summed E-state index contributed by atoms with van der Waals surface area (Å²) in [5.74, 6) is -126. The van der Waals surface area contributed by atoms with E-state index in [1.54, 1.807) is 0 Å². The smallest absolute Gasteiger partial charge is 0.460 e.